The van der Waals surface area contributed by atoms with Gasteiger partial charge in [0.2, 0.25) is 0 Å². The number of nitrogens with one attached hydrogen (secondary N) is 1. The molecular weight excluding hydrogens is 250 g/mol. The number of piperidine rings is 1. The van der Waals surface area contributed by atoms with E-state index in [1.807, 2.05) is 0 Å². The van der Waals surface area contributed by atoms with Crippen molar-refractivity contribution < 1.29 is 4.74 Å². The van der Waals surface area contributed by atoms with Crippen molar-refractivity contribution in [2.45, 2.75) is 18.9 Å². The van der Waals surface area contributed by atoms with E-state index in [2.05, 4.69) is 46.4 Å². The van der Waals surface area contributed by atoms with Crippen molar-refractivity contribution in [2.75, 3.05) is 56.2 Å². The zero-order valence-electron chi connectivity index (χ0n) is 12.3. The van der Waals surface area contributed by atoms with E-state index in [1.165, 1.54) is 24.2 Å². The summed E-state index contributed by atoms with van der Waals surface area (Å²) in [5.74, 6) is 0. The average Bonchev–Trinajstić information content (AvgIpc) is 2.56. The fourth-order valence-corrected chi connectivity index (χ4v) is 3.12. The van der Waals surface area contributed by atoms with Crippen molar-refractivity contribution in [2.24, 2.45) is 0 Å². The van der Waals surface area contributed by atoms with Gasteiger partial charge in [-0.25, -0.2) is 0 Å². The van der Waals surface area contributed by atoms with E-state index in [0.717, 1.165) is 39.4 Å². The SMILES string of the molecule is CNC1CCN(c2ccc(N3CCOCC3)cc2)CC1. The third-order valence-corrected chi connectivity index (χ3v) is 4.49. The van der Waals surface area contributed by atoms with Crippen LogP contribution < -0.4 is 15.1 Å². The number of hydrogen-bond acceptors (Lipinski definition) is 4. The molecule has 2 aliphatic rings. The number of ether oxygens (including phenoxy) is 1. The van der Waals surface area contributed by atoms with Crippen LogP contribution in [0.5, 0.6) is 0 Å². The number of anilines is 2. The van der Waals surface area contributed by atoms with Gasteiger partial charge in [0.1, 0.15) is 0 Å². The second-order valence-corrected chi connectivity index (χ2v) is 5.67. The van der Waals surface area contributed by atoms with Crippen LogP contribution >= 0.6 is 0 Å². The minimum absolute atomic E-state index is 0.693. The number of morpholine rings is 1. The Morgan fingerprint density at radius 1 is 0.900 bits per heavy atom. The van der Waals surface area contributed by atoms with E-state index in [4.69, 9.17) is 4.74 Å². The summed E-state index contributed by atoms with van der Waals surface area (Å²) in [4.78, 5) is 4.90. The minimum Gasteiger partial charge on any atom is -0.378 e. The molecule has 4 nitrogen and oxygen atoms in total. The first kappa shape index (κ1) is 13.7. The molecule has 0 bridgehead atoms. The summed E-state index contributed by atoms with van der Waals surface area (Å²) in [5, 5.41) is 3.38. The first-order valence-corrected chi connectivity index (χ1v) is 7.72. The Bertz CT molecular complexity index is 406. The van der Waals surface area contributed by atoms with Gasteiger partial charge in [0.25, 0.3) is 0 Å². The molecule has 0 spiro atoms. The number of rotatable bonds is 3. The molecule has 0 atom stereocenters. The third-order valence-electron chi connectivity index (χ3n) is 4.49. The van der Waals surface area contributed by atoms with Crippen LogP contribution in [0.15, 0.2) is 24.3 Å². The largest absolute Gasteiger partial charge is 0.378 e. The summed E-state index contributed by atoms with van der Waals surface area (Å²) in [6.45, 7) is 6.02. The van der Waals surface area contributed by atoms with Gasteiger partial charge in [-0.15, -0.1) is 0 Å². The first-order chi connectivity index (χ1) is 9.86. The normalized spacial score (nSPS) is 21.2. The predicted molar refractivity (Wildman–Crippen MR) is 83.8 cm³/mol. The van der Waals surface area contributed by atoms with Gasteiger partial charge >= 0.3 is 0 Å². The molecule has 4 heteroatoms. The van der Waals surface area contributed by atoms with E-state index >= 15 is 0 Å². The van der Waals surface area contributed by atoms with Gasteiger partial charge in [-0.2, -0.15) is 0 Å². The molecule has 1 N–H and O–H groups in total. The average molecular weight is 275 g/mol. The fraction of sp³-hybridized carbons (Fsp3) is 0.625. The molecule has 3 rings (SSSR count). The van der Waals surface area contributed by atoms with E-state index in [-0.39, 0.29) is 0 Å². The Morgan fingerprint density at radius 2 is 1.40 bits per heavy atom. The lowest BCUT2D eigenvalue weighted by atomic mass is 10.0. The van der Waals surface area contributed by atoms with Crippen LogP contribution in [0.1, 0.15) is 12.8 Å². The second kappa shape index (κ2) is 6.46. The Balaban J connectivity index is 1.61. The predicted octanol–water partition coefficient (Wildman–Crippen LogP) is 1.71. The molecule has 2 aliphatic heterocycles. The summed E-state index contributed by atoms with van der Waals surface area (Å²) >= 11 is 0. The fourth-order valence-electron chi connectivity index (χ4n) is 3.12. The molecule has 0 unspecified atom stereocenters. The minimum atomic E-state index is 0.693. The maximum Gasteiger partial charge on any atom is 0.0642 e. The molecular formula is C16H25N3O. The Morgan fingerprint density at radius 3 is 1.90 bits per heavy atom. The van der Waals surface area contributed by atoms with E-state index < -0.39 is 0 Å². The zero-order chi connectivity index (χ0) is 13.8. The summed E-state index contributed by atoms with van der Waals surface area (Å²) in [6.07, 6.45) is 2.48. The van der Waals surface area contributed by atoms with Crippen LogP contribution in [-0.2, 0) is 4.74 Å². The molecule has 2 fully saturated rings. The molecule has 2 saturated heterocycles. The Labute approximate surface area is 121 Å². The molecule has 0 radical (unpaired) electrons. The summed E-state index contributed by atoms with van der Waals surface area (Å²) in [7, 11) is 2.07. The van der Waals surface area contributed by atoms with Gasteiger partial charge in [-0.05, 0) is 44.2 Å². The van der Waals surface area contributed by atoms with Gasteiger partial charge in [0, 0.05) is 43.6 Å². The van der Waals surface area contributed by atoms with E-state index in [1.54, 1.807) is 0 Å². The van der Waals surface area contributed by atoms with Gasteiger partial charge in [0.15, 0.2) is 0 Å². The number of hydrogen-bond donors (Lipinski definition) is 1. The first-order valence-electron chi connectivity index (χ1n) is 7.72. The van der Waals surface area contributed by atoms with Gasteiger partial charge in [-0.1, -0.05) is 0 Å². The summed E-state index contributed by atoms with van der Waals surface area (Å²) in [5.41, 5.74) is 2.68. The van der Waals surface area contributed by atoms with Crippen molar-refractivity contribution in [3.8, 4) is 0 Å². The van der Waals surface area contributed by atoms with E-state index in [0.29, 0.717) is 6.04 Å². The quantitative estimate of drug-likeness (QED) is 0.909. The molecule has 0 aromatic heterocycles. The molecule has 0 aliphatic carbocycles. The number of benzene rings is 1. The topological polar surface area (TPSA) is 27.7 Å². The van der Waals surface area contributed by atoms with Gasteiger partial charge in [-0.3, -0.25) is 0 Å². The monoisotopic (exact) mass is 275 g/mol. The molecule has 0 saturated carbocycles. The maximum atomic E-state index is 5.40. The van der Waals surface area contributed by atoms with Crippen molar-refractivity contribution in [1.29, 1.82) is 0 Å². The smallest absolute Gasteiger partial charge is 0.0642 e. The molecule has 1 aromatic rings. The highest BCUT2D eigenvalue weighted by Gasteiger charge is 2.18. The van der Waals surface area contributed by atoms with Gasteiger partial charge in [0.05, 0.1) is 13.2 Å². The molecule has 20 heavy (non-hydrogen) atoms. The summed E-state index contributed by atoms with van der Waals surface area (Å²) < 4.78 is 5.40. The lowest BCUT2D eigenvalue weighted by Crippen LogP contribution is -2.41. The lowest BCUT2D eigenvalue weighted by Gasteiger charge is -2.34. The van der Waals surface area contributed by atoms with Crippen LogP contribution in [0.4, 0.5) is 11.4 Å². The van der Waals surface area contributed by atoms with Crippen LogP contribution in [0.3, 0.4) is 0 Å². The van der Waals surface area contributed by atoms with Crippen LogP contribution in [0.2, 0.25) is 0 Å². The number of nitrogens with zero attached hydrogens (tertiary/aromatic N) is 2. The van der Waals surface area contributed by atoms with Crippen LogP contribution in [-0.4, -0.2) is 52.5 Å². The Kier molecular flexibility index (Phi) is 4.43. The Hall–Kier alpha value is -1.26. The van der Waals surface area contributed by atoms with E-state index in [9.17, 15) is 0 Å². The van der Waals surface area contributed by atoms with Crippen molar-refractivity contribution in [3.63, 3.8) is 0 Å². The van der Waals surface area contributed by atoms with Gasteiger partial charge < -0.3 is 19.9 Å². The maximum absolute atomic E-state index is 5.40. The van der Waals surface area contributed by atoms with Crippen LogP contribution in [0, 0.1) is 0 Å². The highest BCUT2D eigenvalue weighted by atomic mass is 16.5. The highest BCUT2D eigenvalue weighted by Crippen LogP contribution is 2.24. The highest BCUT2D eigenvalue weighted by molar-refractivity contribution is 5.56. The van der Waals surface area contributed by atoms with Crippen molar-refractivity contribution in [3.05, 3.63) is 24.3 Å². The molecule has 2 heterocycles. The van der Waals surface area contributed by atoms with Crippen molar-refractivity contribution >= 4 is 11.4 Å². The van der Waals surface area contributed by atoms with Crippen LogP contribution in [0.25, 0.3) is 0 Å². The standard InChI is InChI=1S/C16H25N3O/c1-17-14-6-8-18(9-7-14)15-2-4-16(5-3-15)19-10-12-20-13-11-19/h2-5,14,17H,6-13H2,1H3. The zero-order valence-corrected chi connectivity index (χ0v) is 12.3. The molecule has 0 amide bonds. The summed E-state index contributed by atoms with van der Waals surface area (Å²) in [6, 6.07) is 9.74. The lowest BCUT2D eigenvalue weighted by molar-refractivity contribution is 0.122. The third kappa shape index (κ3) is 3.07. The van der Waals surface area contributed by atoms with Crippen molar-refractivity contribution in [1.82, 2.24) is 5.32 Å². The molecule has 110 valence electrons. The molecule has 1 aromatic carbocycles. The second-order valence-electron chi connectivity index (χ2n) is 5.67.